The minimum absolute atomic E-state index is 0.950. The first kappa shape index (κ1) is 13.8. The monoisotopic (exact) mass is 275 g/mol. The average molecular weight is 275 g/mol. The Morgan fingerprint density at radius 3 is 2.29 bits per heavy atom. The van der Waals surface area contributed by atoms with E-state index in [1.54, 1.807) is 0 Å². The van der Waals surface area contributed by atoms with Crippen LogP contribution in [-0.2, 0) is 12.8 Å². The summed E-state index contributed by atoms with van der Waals surface area (Å²) in [6.45, 7) is 6.42. The molecule has 0 unspecified atom stereocenters. The summed E-state index contributed by atoms with van der Waals surface area (Å²) >= 11 is 0. The van der Waals surface area contributed by atoms with Gasteiger partial charge in [0.25, 0.3) is 0 Å². The van der Waals surface area contributed by atoms with Gasteiger partial charge < -0.3 is 0 Å². The van der Waals surface area contributed by atoms with Gasteiger partial charge in [-0.3, -0.25) is 4.98 Å². The lowest BCUT2D eigenvalue weighted by atomic mass is 10.00. The van der Waals surface area contributed by atoms with Crippen molar-refractivity contribution in [2.75, 3.05) is 0 Å². The van der Waals surface area contributed by atoms with Crippen molar-refractivity contribution < 1.29 is 0 Å². The Bertz CT molecular complexity index is 770. The molecule has 1 heteroatoms. The second-order valence-corrected chi connectivity index (χ2v) is 5.78. The van der Waals surface area contributed by atoms with Crippen molar-refractivity contribution in [3.63, 3.8) is 0 Å². The zero-order valence-corrected chi connectivity index (χ0v) is 13.0. The van der Waals surface area contributed by atoms with E-state index in [4.69, 9.17) is 4.98 Å². The van der Waals surface area contributed by atoms with Crippen LogP contribution >= 0.6 is 0 Å². The molecule has 0 saturated heterocycles. The second kappa shape index (κ2) is 5.69. The molecule has 0 N–H and O–H groups in total. The van der Waals surface area contributed by atoms with E-state index in [-0.39, 0.29) is 0 Å². The van der Waals surface area contributed by atoms with Gasteiger partial charge in [0.1, 0.15) is 0 Å². The van der Waals surface area contributed by atoms with Gasteiger partial charge in [-0.1, -0.05) is 42.8 Å². The highest BCUT2D eigenvalue weighted by atomic mass is 14.7. The normalized spacial score (nSPS) is 11.0. The maximum absolute atomic E-state index is 4.76. The Hall–Kier alpha value is -2.15. The topological polar surface area (TPSA) is 12.9 Å². The van der Waals surface area contributed by atoms with Crippen molar-refractivity contribution in [1.82, 2.24) is 4.98 Å². The fourth-order valence-corrected chi connectivity index (χ4v) is 2.69. The molecule has 0 bridgehead atoms. The molecule has 2 aromatic carbocycles. The fraction of sp³-hybridized carbons (Fsp3) is 0.250. The van der Waals surface area contributed by atoms with Crippen molar-refractivity contribution in [3.8, 4) is 0 Å². The predicted octanol–water partition coefficient (Wildman–Crippen LogP) is 5.00. The molecule has 0 radical (unpaired) electrons. The van der Waals surface area contributed by atoms with Crippen LogP contribution in [0.25, 0.3) is 10.9 Å². The minimum atomic E-state index is 0.950. The smallest absolute Gasteiger partial charge is 0.0705 e. The first-order chi connectivity index (χ1) is 10.2. The number of hydrogen-bond acceptors (Lipinski definition) is 1. The largest absolute Gasteiger partial charge is 0.253 e. The lowest BCUT2D eigenvalue weighted by Crippen LogP contribution is -1.96. The number of fused-ring (bicyclic) bond motifs is 1. The summed E-state index contributed by atoms with van der Waals surface area (Å²) in [5.74, 6) is 0. The molecule has 3 aromatic rings. The number of nitrogens with zero attached hydrogens (tertiary/aromatic N) is 1. The number of hydrogen-bond donors (Lipinski definition) is 0. The molecule has 1 nitrogen and oxygen atoms in total. The standard InChI is InChI=1S/C20H21N/c1-4-16-9-10-20-19(11-16)13-18(15(3)21-20)12-17-7-5-14(2)6-8-17/h5-11,13H,4,12H2,1-3H3. The van der Waals surface area contributed by atoms with Crippen LogP contribution in [0.3, 0.4) is 0 Å². The van der Waals surface area contributed by atoms with Crippen LogP contribution in [0.2, 0.25) is 0 Å². The first-order valence-corrected chi connectivity index (χ1v) is 7.60. The Balaban J connectivity index is 2.01. The molecule has 0 amide bonds. The Morgan fingerprint density at radius 1 is 0.857 bits per heavy atom. The van der Waals surface area contributed by atoms with Gasteiger partial charge in [0.15, 0.2) is 0 Å². The zero-order valence-electron chi connectivity index (χ0n) is 13.0. The summed E-state index contributed by atoms with van der Waals surface area (Å²) < 4.78 is 0. The number of benzene rings is 2. The van der Waals surface area contributed by atoms with Crippen LogP contribution in [0, 0.1) is 13.8 Å². The van der Waals surface area contributed by atoms with Crippen LogP contribution in [0.15, 0.2) is 48.5 Å². The lowest BCUT2D eigenvalue weighted by Gasteiger charge is -2.09. The van der Waals surface area contributed by atoms with Crippen molar-refractivity contribution in [2.24, 2.45) is 0 Å². The maximum Gasteiger partial charge on any atom is 0.0705 e. The highest BCUT2D eigenvalue weighted by Gasteiger charge is 2.05. The van der Waals surface area contributed by atoms with E-state index in [1.165, 1.54) is 27.6 Å². The van der Waals surface area contributed by atoms with Crippen molar-refractivity contribution in [2.45, 2.75) is 33.6 Å². The van der Waals surface area contributed by atoms with Crippen LogP contribution in [-0.4, -0.2) is 4.98 Å². The van der Waals surface area contributed by atoms with Gasteiger partial charge in [-0.2, -0.15) is 0 Å². The lowest BCUT2D eigenvalue weighted by molar-refractivity contribution is 1.10. The molecule has 0 saturated carbocycles. The summed E-state index contributed by atoms with van der Waals surface area (Å²) in [4.78, 5) is 4.76. The van der Waals surface area contributed by atoms with E-state index in [9.17, 15) is 0 Å². The summed E-state index contributed by atoms with van der Waals surface area (Å²) in [5, 5.41) is 1.25. The quantitative estimate of drug-likeness (QED) is 0.655. The summed E-state index contributed by atoms with van der Waals surface area (Å²) in [6.07, 6.45) is 2.02. The van der Waals surface area contributed by atoms with Gasteiger partial charge in [0.05, 0.1) is 5.52 Å². The van der Waals surface area contributed by atoms with Gasteiger partial charge in [0, 0.05) is 11.1 Å². The molecule has 106 valence electrons. The molecule has 0 fully saturated rings. The SMILES string of the molecule is CCc1ccc2nc(C)c(Cc3ccc(C)cc3)cc2c1. The molecular weight excluding hydrogens is 254 g/mol. The predicted molar refractivity (Wildman–Crippen MR) is 89.8 cm³/mol. The van der Waals surface area contributed by atoms with E-state index < -0.39 is 0 Å². The maximum atomic E-state index is 4.76. The fourth-order valence-electron chi connectivity index (χ4n) is 2.69. The minimum Gasteiger partial charge on any atom is -0.253 e. The van der Waals surface area contributed by atoms with Crippen LogP contribution in [0.1, 0.15) is 34.9 Å². The molecular formula is C20H21N. The van der Waals surface area contributed by atoms with E-state index in [1.807, 2.05) is 0 Å². The van der Waals surface area contributed by atoms with Crippen molar-refractivity contribution in [1.29, 1.82) is 0 Å². The molecule has 0 aliphatic carbocycles. The summed E-state index contributed by atoms with van der Waals surface area (Å²) in [7, 11) is 0. The molecule has 1 heterocycles. The summed E-state index contributed by atoms with van der Waals surface area (Å²) in [6, 6.07) is 17.6. The second-order valence-electron chi connectivity index (χ2n) is 5.78. The van der Waals surface area contributed by atoms with Gasteiger partial charge in [-0.05, 0) is 61.6 Å². The highest BCUT2D eigenvalue weighted by molar-refractivity contribution is 5.80. The number of pyridine rings is 1. The molecule has 0 aliphatic heterocycles. The van der Waals surface area contributed by atoms with Gasteiger partial charge >= 0.3 is 0 Å². The first-order valence-electron chi connectivity index (χ1n) is 7.60. The molecule has 0 aliphatic rings. The average Bonchev–Trinajstić information content (AvgIpc) is 2.50. The number of aromatic nitrogens is 1. The Kier molecular flexibility index (Phi) is 3.74. The third kappa shape index (κ3) is 2.97. The van der Waals surface area contributed by atoms with Crippen LogP contribution in [0.5, 0.6) is 0 Å². The van der Waals surface area contributed by atoms with E-state index in [2.05, 4.69) is 69.3 Å². The van der Waals surface area contributed by atoms with Gasteiger partial charge in [0.2, 0.25) is 0 Å². The Morgan fingerprint density at radius 2 is 1.57 bits per heavy atom. The van der Waals surface area contributed by atoms with Crippen molar-refractivity contribution >= 4 is 10.9 Å². The summed E-state index contributed by atoms with van der Waals surface area (Å²) in [5.41, 5.74) is 7.56. The third-order valence-electron chi connectivity index (χ3n) is 4.10. The van der Waals surface area contributed by atoms with E-state index in [0.717, 1.165) is 24.1 Å². The zero-order chi connectivity index (χ0) is 14.8. The molecule has 0 atom stereocenters. The molecule has 21 heavy (non-hydrogen) atoms. The van der Waals surface area contributed by atoms with E-state index >= 15 is 0 Å². The van der Waals surface area contributed by atoms with Crippen molar-refractivity contribution in [3.05, 3.63) is 76.5 Å². The number of aryl methyl sites for hydroxylation is 3. The van der Waals surface area contributed by atoms with Gasteiger partial charge in [-0.15, -0.1) is 0 Å². The molecule has 0 spiro atoms. The molecule has 1 aromatic heterocycles. The van der Waals surface area contributed by atoms with Gasteiger partial charge in [-0.25, -0.2) is 0 Å². The highest BCUT2D eigenvalue weighted by Crippen LogP contribution is 2.21. The number of rotatable bonds is 3. The Labute approximate surface area is 126 Å². The third-order valence-corrected chi connectivity index (χ3v) is 4.10. The van der Waals surface area contributed by atoms with Crippen LogP contribution < -0.4 is 0 Å². The molecule has 3 rings (SSSR count). The van der Waals surface area contributed by atoms with Crippen LogP contribution in [0.4, 0.5) is 0 Å². The van der Waals surface area contributed by atoms with E-state index in [0.29, 0.717) is 0 Å².